The lowest BCUT2D eigenvalue weighted by Crippen LogP contribution is -2.66. The Bertz CT molecular complexity index is 850. The highest BCUT2D eigenvalue weighted by Crippen LogP contribution is 2.46. The Morgan fingerprint density at radius 3 is 2.19 bits per heavy atom. The van der Waals surface area contributed by atoms with Crippen molar-refractivity contribution in [1.82, 2.24) is 10.4 Å². The van der Waals surface area contributed by atoms with Crippen molar-refractivity contribution in [1.29, 1.82) is 0 Å². The lowest BCUT2D eigenvalue weighted by Gasteiger charge is -2.53. The van der Waals surface area contributed by atoms with E-state index in [4.69, 9.17) is 0 Å². The number of nitrogens with one attached hydrogen (secondary N) is 2. The van der Waals surface area contributed by atoms with Gasteiger partial charge in [0.25, 0.3) is 5.91 Å². The molecule has 1 aliphatic heterocycles. The van der Waals surface area contributed by atoms with Crippen LogP contribution in [0.3, 0.4) is 0 Å². The summed E-state index contributed by atoms with van der Waals surface area (Å²) in [6.07, 6.45) is 9.81. The lowest BCUT2D eigenvalue weighted by atomic mass is 9.69. The molecule has 0 unspecified atom stereocenters. The number of rotatable bonds is 2. The zero-order valence-electron chi connectivity index (χ0n) is 20.3. The molecule has 1 heterocycles. The zero-order chi connectivity index (χ0) is 22.4. The lowest BCUT2D eigenvalue weighted by molar-refractivity contribution is 0.00550. The van der Waals surface area contributed by atoms with Gasteiger partial charge >= 0.3 is 0 Å². The van der Waals surface area contributed by atoms with Crippen LogP contribution in [0, 0.1) is 22.7 Å². The molecule has 0 bridgehead atoms. The Morgan fingerprint density at radius 2 is 1.61 bits per heavy atom. The summed E-state index contributed by atoms with van der Waals surface area (Å²) in [5.74, 6) is 1.49. The first-order valence-corrected chi connectivity index (χ1v) is 12.2. The van der Waals surface area contributed by atoms with Crippen molar-refractivity contribution in [3.63, 3.8) is 0 Å². The number of allylic oxidation sites excluding steroid dienone is 2. The van der Waals surface area contributed by atoms with Crippen LogP contribution in [0.15, 0.2) is 36.0 Å². The quantitative estimate of drug-likeness (QED) is 0.555. The first kappa shape index (κ1) is 22.2. The predicted octanol–water partition coefficient (Wildman–Crippen LogP) is 6.72. The topological polar surface area (TPSA) is 44.4 Å². The molecule has 1 aromatic carbocycles. The summed E-state index contributed by atoms with van der Waals surface area (Å²) in [5, 5.41) is 5.76. The van der Waals surface area contributed by atoms with Crippen LogP contribution in [-0.2, 0) is 0 Å². The molecule has 3 aliphatic rings. The molecule has 1 atom stereocenters. The number of benzene rings is 1. The van der Waals surface area contributed by atoms with Crippen LogP contribution < -0.4 is 10.7 Å². The third-order valence-electron chi connectivity index (χ3n) is 8.08. The maximum absolute atomic E-state index is 13.7. The van der Waals surface area contributed by atoms with Gasteiger partial charge in [0.1, 0.15) is 5.66 Å². The van der Waals surface area contributed by atoms with E-state index in [0.717, 1.165) is 49.8 Å². The van der Waals surface area contributed by atoms with Crippen molar-refractivity contribution in [2.24, 2.45) is 22.7 Å². The average molecular weight is 424 g/mol. The summed E-state index contributed by atoms with van der Waals surface area (Å²) < 4.78 is 0. The third-order valence-corrected chi connectivity index (χ3v) is 8.08. The van der Waals surface area contributed by atoms with Crippen LogP contribution in [0.1, 0.15) is 96.8 Å². The van der Waals surface area contributed by atoms with Gasteiger partial charge in [-0.05, 0) is 79.7 Å². The Labute approximate surface area is 188 Å². The molecule has 2 aliphatic carbocycles. The molecular weight excluding hydrogens is 382 g/mol. The van der Waals surface area contributed by atoms with Gasteiger partial charge < -0.3 is 5.32 Å². The number of hydrogen-bond acceptors (Lipinski definition) is 3. The molecule has 4 rings (SSSR count). The number of para-hydroxylation sites is 1. The van der Waals surface area contributed by atoms with Gasteiger partial charge in [-0.2, -0.15) is 0 Å². The maximum atomic E-state index is 13.7. The zero-order valence-corrected chi connectivity index (χ0v) is 20.3. The standard InChI is InChI=1S/C27H41N3O/c1-25(2,3)19-11-13-21(14-12-19)29-30-24(31)22-9-7-8-10-23(22)28-27(30)17-15-20(16-18-27)26(4,5)6/h7-10,13,19-20,28-29H,11-12,14-18H2,1-6H3/t19-,20?,27?/m1/s1. The number of amides is 1. The molecule has 1 saturated carbocycles. The van der Waals surface area contributed by atoms with E-state index in [2.05, 4.69) is 64.4 Å². The van der Waals surface area contributed by atoms with Crippen LogP contribution in [0.25, 0.3) is 0 Å². The SMILES string of the molecule is CC(C)(C)C1CCC2(CC1)Nc1ccccc1C(=O)N2NC1=CC[C@@H](C(C)(C)C)CC1. The van der Waals surface area contributed by atoms with Gasteiger partial charge in [-0.3, -0.25) is 10.2 Å². The molecule has 2 N–H and O–H groups in total. The normalized spacial score (nSPS) is 29.3. The smallest absolute Gasteiger partial charge is 0.276 e. The molecule has 4 nitrogen and oxygen atoms in total. The van der Waals surface area contributed by atoms with E-state index in [0.29, 0.717) is 22.7 Å². The van der Waals surface area contributed by atoms with Gasteiger partial charge in [-0.15, -0.1) is 0 Å². The van der Waals surface area contributed by atoms with Crippen molar-refractivity contribution in [2.75, 3.05) is 5.32 Å². The van der Waals surface area contributed by atoms with Crippen molar-refractivity contribution >= 4 is 11.6 Å². The molecule has 31 heavy (non-hydrogen) atoms. The van der Waals surface area contributed by atoms with Crippen LogP contribution in [-0.4, -0.2) is 16.6 Å². The van der Waals surface area contributed by atoms with Gasteiger partial charge in [0.2, 0.25) is 0 Å². The van der Waals surface area contributed by atoms with Gasteiger partial charge in [-0.1, -0.05) is 59.8 Å². The largest absolute Gasteiger partial charge is 0.361 e. The molecule has 0 saturated heterocycles. The molecule has 4 heteroatoms. The van der Waals surface area contributed by atoms with Crippen molar-refractivity contribution < 1.29 is 4.79 Å². The van der Waals surface area contributed by atoms with E-state index in [1.54, 1.807) is 0 Å². The number of anilines is 1. The van der Waals surface area contributed by atoms with E-state index < -0.39 is 0 Å². The Kier molecular flexibility index (Phi) is 5.64. The molecule has 1 fully saturated rings. The minimum absolute atomic E-state index is 0.0994. The highest BCUT2D eigenvalue weighted by molar-refractivity contribution is 6.02. The molecule has 0 aromatic heterocycles. The minimum atomic E-state index is -0.352. The number of hydrogen-bond donors (Lipinski definition) is 2. The van der Waals surface area contributed by atoms with Crippen molar-refractivity contribution in [2.45, 2.75) is 92.2 Å². The van der Waals surface area contributed by atoms with E-state index in [-0.39, 0.29) is 11.6 Å². The highest BCUT2D eigenvalue weighted by atomic mass is 16.2. The summed E-state index contributed by atoms with van der Waals surface area (Å²) >= 11 is 0. The second kappa shape index (κ2) is 7.86. The molecule has 0 radical (unpaired) electrons. The van der Waals surface area contributed by atoms with Crippen LogP contribution in [0.2, 0.25) is 0 Å². The van der Waals surface area contributed by atoms with Crippen LogP contribution in [0.5, 0.6) is 0 Å². The van der Waals surface area contributed by atoms with Crippen molar-refractivity contribution in [3.05, 3.63) is 41.6 Å². The highest BCUT2D eigenvalue weighted by Gasteiger charge is 2.48. The number of carbonyl (C=O) groups excluding carboxylic acids is 1. The molecular formula is C27H41N3O. The first-order chi connectivity index (χ1) is 14.5. The third kappa shape index (κ3) is 4.36. The molecule has 1 spiro atoms. The maximum Gasteiger partial charge on any atom is 0.276 e. The van der Waals surface area contributed by atoms with Crippen LogP contribution >= 0.6 is 0 Å². The number of fused-ring (bicyclic) bond motifs is 1. The Balaban J connectivity index is 1.59. The summed E-state index contributed by atoms with van der Waals surface area (Å²) in [5.41, 5.74) is 6.85. The second-order valence-corrected chi connectivity index (χ2v) is 12.2. The van der Waals surface area contributed by atoms with E-state index in [1.807, 2.05) is 23.2 Å². The fourth-order valence-electron chi connectivity index (χ4n) is 5.73. The fraction of sp³-hybridized carbons (Fsp3) is 0.667. The molecule has 1 aromatic rings. The minimum Gasteiger partial charge on any atom is -0.361 e. The van der Waals surface area contributed by atoms with Gasteiger partial charge in [0.15, 0.2) is 0 Å². The average Bonchev–Trinajstić information content (AvgIpc) is 2.70. The Morgan fingerprint density at radius 1 is 0.968 bits per heavy atom. The second-order valence-electron chi connectivity index (χ2n) is 12.2. The van der Waals surface area contributed by atoms with E-state index in [1.165, 1.54) is 12.1 Å². The number of hydrazine groups is 1. The fourth-order valence-corrected chi connectivity index (χ4v) is 5.73. The van der Waals surface area contributed by atoms with Gasteiger partial charge in [0.05, 0.1) is 5.56 Å². The van der Waals surface area contributed by atoms with Gasteiger partial charge in [0, 0.05) is 11.4 Å². The summed E-state index contributed by atoms with van der Waals surface area (Å²) in [4.78, 5) is 13.7. The molecule has 1 amide bonds. The first-order valence-electron chi connectivity index (χ1n) is 12.2. The number of carbonyl (C=O) groups is 1. The van der Waals surface area contributed by atoms with Gasteiger partial charge in [-0.25, -0.2) is 5.01 Å². The molecule has 170 valence electrons. The monoisotopic (exact) mass is 423 g/mol. The predicted molar refractivity (Wildman–Crippen MR) is 128 cm³/mol. The van der Waals surface area contributed by atoms with E-state index >= 15 is 0 Å². The number of nitrogens with zero attached hydrogens (tertiary/aromatic N) is 1. The Hall–Kier alpha value is -1.97. The van der Waals surface area contributed by atoms with E-state index in [9.17, 15) is 4.79 Å². The summed E-state index contributed by atoms with van der Waals surface area (Å²) in [6.45, 7) is 14.0. The van der Waals surface area contributed by atoms with Crippen LogP contribution in [0.4, 0.5) is 5.69 Å². The summed E-state index contributed by atoms with van der Waals surface area (Å²) in [6, 6.07) is 7.97. The van der Waals surface area contributed by atoms with Crippen molar-refractivity contribution in [3.8, 4) is 0 Å². The summed E-state index contributed by atoms with van der Waals surface area (Å²) in [7, 11) is 0.